The molecule has 1 aliphatic carbocycles. The van der Waals surface area contributed by atoms with Crippen LogP contribution in [0.15, 0.2) is 30.6 Å². The molecular formula is C23H30N6O4S. The zero-order valence-electron chi connectivity index (χ0n) is 20.0. The summed E-state index contributed by atoms with van der Waals surface area (Å²) < 4.78 is 42.4. The fourth-order valence-corrected chi connectivity index (χ4v) is 5.18. The molecule has 10 nitrogen and oxygen atoms in total. The fraction of sp³-hybridized carbons (Fsp3) is 0.478. The second-order valence-electron chi connectivity index (χ2n) is 8.58. The molecule has 0 aliphatic heterocycles. The van der Waals surface area contributed by atoms with Gasteiger partial charge >= 0.3 is 0 Å². The van der Waals surface area contributed by atoms with Crippen LogP contribution in [0.5, 0.6) is 11.5 Å². The molecule has 3 aromatic rings. The molecule has 0 radical (unpaired) electrons. The third kappa shape index (κ3) is 4.44. The number of rotatable bonds is 9. The first kappa shape index (κ1) is 23.9. The highest BCUT2D eigenvalue weighted by Crippen LogP contribution is 2.42. The van der Waals surface area contributed by atoms with Crippen molar-refractivity contribution in [2.24, 2.45) is 0 Å². The van der Waals surface area contributed by atoms with Crippen LogP contribution in [-0.2, 0) is 10.0 Å². The minimum atomic E-state index is -3.86. The van der Waals surface area contributed by atoms with Crippen molar-refractivity contribution in [3.8, 4) is 17.2 Å². The molecule has 2 atom stereocenters. The van der Waals surface area contributed by atoms with Gasteiger partial charge in [0.2, 0.25) is 16.0 Å². The Morgan fingerprint density at radius 3 is 2.26 bits per heavy atom. The van der Waals surface area contributed by atoms with Crippen LogP contribution in [0, 0.1) is 6.92 Å². The molecule has 1 saturated carbocycles. The smallest absolute Gasteiger partial charge is 0.243 e. The van der Waals surface area contributed by atoms with E-state index in [0.29, 0.717) is 28.7 Å². The molecule has 2 heterocycles. The van der Waals surface area contributed by atoms with E-state index in [-0.39, 0.29) is 11.9 Å². The minimum Gasteiger partial charge on any atom is -0.494 e. The van der Waals surface area contributed by atoms with Gasteiger partial charge in [0.15, 0.2) is 0 Å². The van der Waals surface area contributed by atoms with Crippen molar-refractivity contribution >= 4 is 16.0 Å². The van der Waals surface area contributed by atoms with E-state index in [2.05, 4.69) is 24.9 Å². The van der Waals surface area contributed by atoms with Crippen molar-refractivity contribution in [3.63, 3.8) is 0 Å². The summed E-state index contributed by atoms with van der Waals surface area (Å²) in [6.07, 6.45) is 6.26. The second-order valence-corrected chi connectivity index (χ2v) is 10.6. The number of ether oxygens (including phenoxy) is 2. The van der Waals surface area contributed by atoms with Gasteiger partial charge in [-0.3, -0.25) is 19.3 Å². The Hall–Kier alpha value is -3.21. The molecule has 0 amide bonds. The number of hydrogen-bond acceptors (Lipinski definition) is 8. The average Bonchev–Trinajstić information content (AvgIpc) is 3.18. The molecule has 2 aromatic heterocycles. The van der Waals surface area contributed by atoms with Gasteiger partial charge in [-0.05, 0) is 38.8 Å². The normalized spacial score (nSPS) is 15.9. The van der Waals surface area contributed by atoms with Gasteiger partial charge in [-0.2, -0.15) is 0 Å². The molecule has 1 aromatic carbocycles. The predicted molar refractivity (Wildman–Crippen MR) is 128 cm³/mol. The van der Waals surface area contributed by atoms with Crippen molar-refractivity contribution in [1.82, 2.24) is 24.7 Å². The van der Waals surface area contributed by atoms with Gasteiger partial charge in [0.05, 0.1) is 30.9 Å². The maximum absolute atomic E-state index is 13.4. The van der Waals surface area contributed by atoms with Crippen LogP contribution in [0.2, 0.25) is 0 Å². The predicted octanol–water partition coefficient (Wildman–Crippen LogP) is 3.58. The van der Waals surface area contributed by atoms with Gasteiger partial charge in [0.25, 0.3) is 0 Å². The van der Waals surface area contributed by atoms with E-state index in [1.54, 1.807) is 50.2 Å². The Morgan fingerprint density at radius 1 is 1.06 bits per heavy atom. The third-order valence-electron chi connectivity index (χ3n) is 6.48. The topological polar surface area (TPSA) is 121 Å². The number of anilines is 1. The lowest BCUT2D eigenvalue weighted by atomic mass is 9.85. The largest absolute Gasteiger partial charge is 0.494 e. The summed E-state index contributed by atoms with van der Waals surface area (Å²) in [6.45, 7) is 5.30. The molecule has 0 spiro atoms. The van der Waals surface area contributed by atoms with Crippen molar-refractivity contribution in [2.75, 3.05) is 18.9 Å². The SMILES string of the molecule is COc1cccc(OC)c1-n1c(NS(=O)(=O)C(C)C(C)c2cnc(C)cn2)nnc1C1CCC1. The van der Waals surface area contributed by atoms with Crippen molar-refractivity contribution < 1.29 is 17.9 Å². The Bertz CT molecular complexity index is 1230. The lowest BCUT2D eigenvalue weighted by molar-refractivity contribution is 0.379. The first-order valence-electron chi connectivity index (χ1n) is 11.2. The fourth-order valence-electron chi connectivity index (χ4n) is 3.93. The van der Waals surface area contributed by atoms with E-state index in [9.17, 15) is 8.42 Å². The highest BCUT2D eigenvalue weighted by Gasteiger charge is 2.34. The number of hydrogen-bond donors (Lipinski definition) is 1. The Balaban J connectivity index is 1.74. The van der Waals surface area contributed by atoms with Crippen molar-refractivity contribution in [1.29, 1.82) is 0 Å². The summed E-state index contributed by atoms with van der Waals surface area (Å²) in [5, 5.41) is 7.81. The van der Waals surface area contributed by atoms with E-state index in [1.165, 1.54) is 0 Å². The molecule has 182 valence electrons. The van der Waals surface area contributed by atoms with Crippen molar-refractivity contribution in [3.05, 3.63) is 47.8 Å². The Kier molecular flexibility index (Phi) is 6.74. The molecule has 0 saturated heterocycles. The number of nitrogens with zero attached hydrogens (tertiary/aromatic N) is 5. The lowest BCUT2D eigenvalue weighted by Crippen LogP contribution is -2.31. The average molecular weight is 487 g/mol. The zero-order chi connectivity index (χ0) is 24.5. The monoisotopic (exact) mass is 486 g/mol. The molecule has 1 N–H and O–H groups in total. The molecule has 4 rings (SSSR count). The summed E-state index contributed by atoms with van der Waals surface area (Å²) in [5.74, 6) is 1.61. The van der Waals surface area contributed by atoms with E-state index >= 15 is 0 Å². The van der Waals surface area contributed by atoms with E-state index in [0.717, 1.165) is 25.0 Å². The number of aryl methyl sites for hydroxylation is 1. The number of para-hydroxylation sites is 1. The van der Waals surface area contributed by atoms with Crippen LogP contribution in [-0.4, -0.2) is 52.6 Å². The highest BCUT2D eigenvalue weighted by molar-refractivity contribution is 7.93. The molecule has 11 heteroatoms. The minimum absolute atomic E-state index is 0.0961. The third-order valence-corrected chi connectivity index (χ3v) is 8.33. The van der Waals surface area contributed by atoms with Gasteiger partial charge in [-0.25, -0.2) is 8.42 Å². The number of nitrogens with one attached hydrogen (secondary N) is 1. The van der Waals surface area contributed by atoms with Crippen LogP contribution in [0.25, 0.3) is 5.69 Å². The van der Waals surface area contributed by atoms with Gasteiger partial charge in [-0.1, -0.05) is 19.4 Å². The molecule has 2 unspecified atom stereocenters. The summed E-state index contributed by atoms with van der Waals surface area (Å²) in [7, 11) is -0.750. The highest BCUT2D eigenvalue weighted by atomic mass is 32.2. The lowest BCUT2D eigenvalue weighted by Gasteiger charge is -2.26. The van der Waals surface area contributed by atoms with Crippen LogP contribution in [0.4, 0.5) is 5.95 Å². The first-order chi connectivity index (χ1) is 16.3. The van der Waals surface area contributed by atoms with Crippen LogP contribution >= 0.6 is 0 Å². The van der Waals surface area contributed by atoms with Gasteiger partial charge in [0.1, 0.15) is 23.0 Å². The van der Waals surface area contributed by atoms with Crippen LogP contribution in [0.3, 0.4) is 0 Å². The Morgan fingerprint density at radius 2 is 1.74 bits per heavy atom. The Labute approximate surface area is 199 Å². The number of methoxy groups -OCH3 is 2. The van der Waals surface area contributed by atoms with E-state index in [4.69, 9.17) is 9.47 Å². The number of benzene rings is 1. The molecular weight excluding hydrogens is 456 g/mol. The molecule has 1 aliphatic rings. The van der Waals surface area contributed by atoms with Crippen LogP contribution in [0.1, 0.15) is 62.2 Å². The van der Waals surface area contributed by atoms with Gasteiger partial charge < -0.3 is 9.47 Å². The van der Waals surface area contributed by atoms with Crippen LogP contribution < -0.4 is 14.2 Å². The van der Waals surface area contributed by atoms with E-state index < -0.39 is 21.2 Å². The summed E-state index contributed by atoms with van der Waals surface area (Å²) in [4.78, 5) is 8.60. The van der Waals surface area contributed by atoms with Gasteiger partial charge in [0, 0.05) is 24.2 Å². The summed E-state index contributed by atoms with van der Waals surface area (Å²) >= 11 is 0. The molecule has 0 bridgehead atoms. The van der Waals surface area contributed by atoms with Gasteiger partial charge in [-0.15, -0.1) is 10.2 Å². The van der Waals surface area contributed by atoms with Crippen molar-refractivity contribution in [2.45, 2.75) is 57.1 Å². The molecule has 1 fully saturated rings. The molecule has 34 heavy (non-hydrogen) atoms. The maximum atomic E-state index is 13.4. The standard InChI is InChI=1S/C23H30N6O4S/c1-14-12-25-18(13-24-14)15(2)16(3)34(30,31)28-23-27-26-22(17-8-6-9-17)29(23)21-19(32-4)10-7-11-20(21)33-5/h7,10-13,15-17H,6,8-9H2,1-5H3,(H,27,28). The maximum Gasteiger partial charge on any atom is 0.243 e. The quantitative estimate of drug-likeness (QED) is 0.487. The summed E-state index contributed by atoms with van der Waals surface area (Å²) in [6, 6.07) is 5.40. The number of aromatic nitrogens is 5. The zero-order valence-corrected chi connectivity index (χ0v) is 20.8. The second kappa shape index (κ2) is 9.57. The number of sulfonamides is 1. The van der Waals surface area contributed by atoms with E-state index in [1.807, 2.05) is 19.9 Å². The summed E-state index contributed by atoms with van der Waals surface area (Å²) in [5.41, 5.74) is 1.93. The first-order valence-corrected chi connectivity index (χ1v) is 12.8.